The third-order valence-electron chi connectivity index (χ3n) is 5.16. The zero-order valence-corrected chi connectivity index (χ0v) is 15.0. The van der Waals surface area contributed by atoms with Gasteiger partial charge in [-0.1, -0.05) is 35.5 Å². The van der Waals surface area contributed by atoms with Crippen molar-refractivity contribution in [2.24, 2.45) is 11.1 Å². The van der Waals surface area contributed by atoms with E-state index in [9.17, 15) is 9.60 Å². The number of oxime groups is 1. The van der Waals surface area contributed by atoms with E-state index in [1.807, 2.05) is 6.07 Å². The molecule has 0 unspecified atom stereocenters. The van der Waals surface area contributed by atoms with Gasteiger partial charge in [0.1, 0.15) is 5.84 Å². The number of rotatable bonds is 5. The second-order valence-electron chi connectivity index (χ2n) is 6.85. The number of nitrogens with one attached hydrogen (secondary N) is 1. The Morgan fingerprint density at radius 2 is 1.88 bits per heavy atom. The molecular weight excluding hydrogens is 331 g/mol. The van der Waals surface area contributed by atoms with Crippen LogP contribution in [-0.4, -0.2) is 18.2 Å². The Hall–Kier alpha value is -2.56. The van der Waals surface area contributed by atoms with Gasteiger partial charge in [-0.15, -0.1) is 0 Å². The molecule has 0 aliphatic heterocycles. The number of nitrogens with zero attached hydrogens (tertiary/aromatic N) is 1. The lowest BCUT2D eigenvalue weighted by Crippen LogP contribution is -2.21. The first-order valence-electron chi connectivity index (χ1n) is 9.06. The van der Waals surface area contributed by atoms with Gasteiger partial charge in [-0.2, -0.15) is 0 Å². The number of hydrogen-bond donors (Lipinski definition) is 2. The van der Waals surface area contributed by atoms with Crippen molar-refractivity contribution in [2.75, 3.05) is 12.4 Å². The highest BCUT2D eigenvalue weighted by atomic mass is 19.1. The minimum absolute atomic E-state index is 0.192. The maximum absolute atomic E-state index is 13.8. The van der Waals surface area contributed by atoms with Crippen LogP contribution in [0.15, 0.2) is 53.7 Å². The molecule has 26 heavy (non-hydrogen) atoms. The Bertz CT molecular complexity index is 741. The van der Waals surface area contributed by atoms with Gasteiger partial charge in [0.05, 0.1) is 7.11 Å². The van der Waals surface area contributed by atoms with Crippen LogP contribution >= 0.6 is 0 Å². The molecule has 0 radical (unpaired) electrons. The van der Waals surface area contributed by atoms with Crippen molar-refractivity contribution in [3.63, 3.8) is 0 Å². The first-order chi connectivity index (χ1) is 12.7. The van der Waals surface area contributed by atoms with E-state index < -0.39 is 5.82 Å². The molecule has 0 aromatic heterocycles. The number of anilines is 1. The van der Waals surface area contributed by atoms with Crippen LogP contribution in [0.3, 0.4) is 0 Å². The standard InChI is InChI=1S/C21H25FN2O2/c1-26-20-12-11-18(14-19(20)22)23-21(24-25)13-15-7-9-17(10-8-15)16-5-3-2-4-6-16/h2-6,11-12,14-15,17,25H,7-10,13H2,1H3,(H,23,24). The normalized spacial score (nSPS) is 20.6. The highest BCUT2D eigenvalue weighted by molar-refractivity contribution is 5.95. The summed E-state index contributed by atoms with van der Waals surface area (Å²) in [5.74, 6) is 1.30. The van der Waals surface area contributed by atoms with Crippen LogP contribution in [0.2, 0.25) is 0 Å². The number of hydrogen-bond acceptors (Lipinski definition) is 3. The molecule has 0 heterocycles. The molecule has 0 saturated heterocycles. The zero-order chi connectivity index (χ0) is 18.4. The largest absolute Gasteiger partial charge is 0.494 e. The molecule has 2 N–H and O–H groups in total. The topological polar surface area (TPSA) is 53.8 Å². The lowest BCUT2D eigenvalue weighted by Gasteiger charge is -2.29. The van der Waals surface area contributed by atoms with Crippen molar-refractivity contribution < 1.29 is 14.3 Å². The van der Waals surface area contributed by atoms with Crippen LogP contribution in [0.1, 0.15) is 43.6 Å². The molecule has 4 nitrogen and oxygen atoms in total. The molecule has 0 atom stereocenters. The summed E-state index contributed by atoms with van der Waals surface area (Å²) in [5.41, 5.74) is 1.96. The molecule has 1 aliphatic carbocycles. The fourth-order valence-electron chi connectivity index (χ4n) is 3.73. The minimum atomic E-state index is -0.446. The minimum Gasteiger partial charge on any atom is -0.494 e. The Labute approximate surface area is 153 Å². The molecule has 1 aliphatic rings. The van der Waals surface area contributed by atoms with E-state index >= 15 is 0 Å². The van der Waals surface area contributed by atoms with Crippen molar-refractivity contribution in [3.05, 3.63) is 59.9 Å². The van der Waals surface area contributed by atoms with Crippen molar-refractivity contribution in [1.82, 2.24) is 0 Å². The number of benzene rings is 2. The van der Waals surface area contributed by atoms with Gasteiger partial charge < -0.3 is 15.3 Å². The fourth-order valence-corrected chi connectivity index (χ4v) is 3.73. The number of ether oxygens (including phenoxy) is 1. The summed E-state index contributed by atoms with van der Waals surface area (Å²) >= 11 is 0. The zero-order valence-electron chi connectivity index (χ0n) is 15.0. The smallest absolute Gasteiger partial charge is 0.167 e. The van der Waals surface area contributed by atoms with Gasteiger partial charge in [0.2, 0.25) is 0 Å². The van der Waals surface area contributed by atoms with E-state index in [1.165, 1.54) is 18.7 Å². The Morgan fingerprint density at radius 1 is 1.15 bits per heavy atom. The molecule has 0 amide bonds. The van der Waals surface area contributed by atoms with Crippen LogP contribution in [-0.2, 0) is 0 Å². The third-order valence-corrected chi connectivity index (χ3v) is 5.16. The number of methoxy groups -OCH3 is 1. The Morgan fingerprint density at radius 3 is 2.50 bits per heavy atom. The van der Waals surface area contributed by atoms with E-state index in [0.717, 1.165) is 25.7 Å². The number of halogens is 1. The highest BCUT2D eigenvalue weighted by Crippen LogP contribution is 2.37. The van der Waals surface area contributed by atoms with Gasteiger partial charge in [-0.25, -0.2) is 4.39 Å². The third kappa shape index (κ3) is 4.54. The van der Waals surface area contributed by atoms with Gasteiger partial charge in [0.15, 0.2) is 11.6 Å². The average molecular weight is 356 g/mol. The van der Waals surface area contributed by atoms with Crippen LogP contribution in [0.5, 0.6) is 5.75 Å². The van der Waals surface area contributed by atoms with Crippen molar-refractivity contribution in [2.45, 2.75) is 38.0 Å². The van der Waals surface area contributed by atoms with Gasteiger partial charge in [-0.3, -0.25) is 0 Å². The van der Waals surface area contributed by atoms with Crippen LogP contribution in [0.25, 0.3) is 0 Å². The summed E-state index contributed by atoms with van der Waals surface area (Å²) in [5, 5.41) is 15.7. The molecule has 138 valence electrons. The maximum atomic E-state index is 13.8. The van der Waals surface area contributed by atoms with Crippen LogP contribution in [0, 0.1) is 11.7 Å². The SMILES string of the molecule is COc1ccc(N/C(CC2CCC(c3ccccc3)CC2)=N\O)cc1F. The molecule has 5 heteroatoms. The second-order valence-corrected chi connectivity index (χ2v) is 6.85. The lowest BCUT2D eigenvalue weighted by molar-refractivity contribution is 0.306. The molecule has 1 fully saturated rings. The molecular formula is C21H25FN2O2. The van der Waals surface area contributed by atoms with E-state index in [0.29, 0.717) is 29.8 Å². The van der Waals surface area contributed by atoms with E-state index in [2.05, 4.69) is 34.7 Å². The fraction of sp³-hybridized carbons (Fsp3) is 0.381. The molecule has 0 bridgehead atoms. The van der Waals surface area contributed by atoms with E-state index in [4.69, 9.17) is 4.74 Å². The summed E-state index contributed by atoms with van der Waals surface area (Å²) in [7, 11) is 1.43. The predicted octanol–water partition coefficient (Wildman–Crippen LogP) is 5.40. The maximum Gasteiger partial charge on any atom is 0.167 e. The van der Waals surface area contributed by atoms with Crippen LogP contribution < -0.4 is 10.1 Å². The predicted molar refractivity (Wildman–Crippen MR) is 102 cm³/mol. The molecule has 2 aromatic carbocycles. The summed E-state index contributed by atoms with van der Waals surface area (Å²) in [6.45, 7) is 0. The molecule has 0 spiro atoms. The lowest BCUT2D eigenvalue weighted by atomic mass is 9.77. The quantitative estimate of drug-likeness (QED) is 0.326. The van der Waals surface area contributed by atoms with Crippen LogP contribution in [0.4, 0.5) is 10.1 Å². The van der Waals surface area contributed by atoms with Gasteiger partial charge in [-0.05, 0) is 55.2 Å². The van der Waals surface area contributed by atoms with Crippen molar-refractivity contribution in [1.29, 1.82) is 0 Å². The van der Waals surface area contributed by atoms with Gasteiger partial charge >= 0.3 is 0 Å². The highest BCUT2D eigenvalue weighted by Gasteiger charge is 2.23. The average Bonchev–Trinajstić information content (AvgIpc) is 2.69. The summed E-state index contributed by atoms with van der Waals surface area (Å²) in [6.07, 6.45) is 5.13. The summed E-state index contributed by atoms with van der Waals surface area (Å²) in [4.78, 5) is 0. The summed E-state index contributed by atoms with van der Waals surface area (Å²) < 4.78 is 18.7. The second kappa shape index (κ2) is 8.70. The van der Waals surface area contributed by atoms with Gasteiger partial charge in [0, 0.05) is 18.2 Å². The monoisotopic (exact) mass is 356 g/mol. The first kappa shape index (κ1) is 18.2. The van der Waals surface area contributed by atoms with E-state index in [1.54, 1.807) is 12.1 Å². The first-order valence-corrected chi connectivity index (χ1v) is 9.06. The van der Waals surface area contributed by atoms with Crippen molar-refractivity contribution >= 4 is 11.5 Å². The van der Waals surface area contributed by atoms with Crippen molar-refractivity contribution in [3.8, 4) is 5.75 Å². The molecule has 2 aromatic rings. The molecule has 3 rings (SSSR count). The Balaban J connectivity index is 1.54. The summed E-state index contributed by atoms with van der Waals surface area (Å²) in [6, 6.07) is 15.2. The number of amidine groups is 1. The Kier molecular flexibility index (Phi) is 6.10. The molecule has 1 saturated carbocycles. The van der Waals surface area contributed by atoms with Gasteiger partial charge in [0.25, 0.3) is 0 Å². The van der Waals surface area contributed by atoms with E-state index in [-0.39, 0.29) is 5.75 Å².